The highest BCUT2D eigenvalue weighted by molar-refractivity contribution is 5.69. The number of esters is 1. The molecular weight excluding hydrogens is 256 g/mol. The van der Waals surface area contributed by atoms with Gasteiger partial charge < -0.3 is 14.8 Å². The van der Waals surface area contributed by atoms with Crippen molar-refractivity contribution in [3.8, 4) is 5.75 Å². The number of aromatic nitrogens is 1. The summed E-state index contributed by atoms with van der Waals surface area (Å²) in [6.45, 7) is 7.29. The van der Waals surface area contributed by atoms with Gasteiger partial charge in [-0.2, -0.15) is 0 Å². The maximum atomic E-state index is 11.0. The molecule has 0 fully saturated rings. The Morgan fingerprint density at radius 3 is 2.80 bits per heavy atom. The van der Waals surface area contributed by atoms with Crippen LogP contribution in [-0.2, 0) is 16.1 Å². The first-order valence-corrected chi connectivity index (χ1v) is 6.92. The molecule has 5 heteroatoms. The van der Waals surface area contributed by atoms with Gasteiger partial charge in [0.05, 0.1) is 19.4 Å². The number of carbonyl (C=O) groups excluding carboxylic acids is 1. The third-order valence-corrected chi connectivity index (χ3v) is 2.76. The maximum absolute atomic E-state index is 11.0. The van der Waals surface area contributed by atoms with Gasteiger partial charge in [-0.25, -0.2) is 0 Å². The van der Waals surface area contributed by atoms with Gasteiger partial charge in [-0.15, -0.1) is 0 Å². The monoisotopic (exact) mass is 280 g/mol. The Bertz CT molecular complexity index is 433. The number of ether oxygens (including phenoxy) is 2. The molecule has 1 heterocycles. The Morgan fingerprint density at radius 2 is 2.15 bits per heavy atom. The Labute approximate surface area is 120 Å². The van der Waals surface area contributed by atoms with Crippen molar-refractivity contribution in [3.63, 3.8) is 0 Å². The van der Waals surface area contributed by atoms with E-state index >= 15 is 0 Å². The molecule has 0 saturated carbocycles. The Kier molecular flexibility index (Phi) is 7.01. The SMILES string of the molecule is COC(=O)CCCOc1ccc(C)nc1CNC(C)C. The van der Waals surface area contributed by atoms with Gasteiger partial charge in [0.2, 0.25) is 0 Å². The summed E-state index contributed by atoms with van der Waals surface area (Å²) < 4.78 is 10.3. The molecule has 0 aliphatic rings. The maximum Gasteiger partial charge on any atom is 0.305 e. The third-order valence-electron chi connectivity index (χ3n) is 2.76. The molecule has 0 amide bonds. The van der Waals surface area contributed by atoms with Crippen LogP contribution in [0.25, 0.3) is 0 Å². The average molecular weight is 280 g/mol. The molecule has 1 aromatic heterocycles. The van der Waals surface area contributed by atoms with Crippen molar-refractivity contribution in [2.24, 2.45) is 0 Å². The number of carbonyl (C=O) groups is 1. The fraction of sp³-hybridized carbons (Fsp3) is 0.600. The van der Waals surface area contributed by atoms with E-state index in [1.54, 1.807) is 0 Å². The Balaban J connectivity index is 2.53. The largest absolute Gasteiger partial charge is 0.492 e. The first kappa shape index (κ1) is 16.4. The zero-order valence-corrected chi connectivity index (χ0v) is 12.7. The molecule has 1 rings (SSSR count). The zero-order chi connectivity index (χ0) is 15.0. The first-order valence-electron chi connectivity index (χ1n) is 6.92. The minimum atomic E-state index is -0.211. The van der Waals surface area contributed by atoms with Crippen molar-refractivity contribution < 1.29 is 14.3 Å². The molecule has 0 aromatic carbocycles. The van der Waals surface area contributed by atoms with Gasteiger partial charge in [-0.1, -0.05) is 13.8 Å². The van der Waals surface area contributed by atoms with E-state index in [-0.39, 0.29) is 5.97 Å². The second-order valence-electron chi connectivity index (χ2n) is 4.96. The van der Waals surface area contributed by atoms with Crippen molar-refractivity contribution in [3.05, 3.63) is 23.5 Å². The molecular formula is C15H24N2O3. The standard InChI is InChI=1S/C15H24N2O3/c1-11(2)16-10-13-14(8-7-12(3)17-13)20-9-5-6-15(18)19-4/h7-8,11,16H,5-6,9-10H2,1-4H3. The molecule has 0 aliphatic heterocycles. The van der Waals surface area contributed by atoms with Crippen LogP contribution in [0.5, 0.6) is 5.75 Å². The van der Waals surface area contributed by atoms with Crippen molar-refractivity contribution in [1.82, 2.24) is 10.3 Å². The Hall–Kier alpha value is -1.62. The van der Waals surface area contributed by atoms with Crippen LogP contribution in [-0.4, -0.2) is 30.7 Å². The van der Waals surface area contributed by atoms with Gasteiger partial charge in [0.25, 0.3) is 0 Å². The number of methoxy groups -OCH3 is 1. The summed E-state index contributed by atoms with van der Waals surface area (Å²) in [5.74, 6) is 0.561. The van der Waals surface area contributed by atoms with Crippen LogP contribution >= 0.6 is 0 Å². The van der Waals surface area contributed by atoms with Crippen molar-refractivity contribution in [1.29, 1.82) is 0 Å². The smallest absolute Gasteiger partial charge is 0.305 e. The zero-order valence-electron chi connectivity index (χ0n) is 12.7. The second-order valence-corrected chi connectivity index (χ2v) is 4.96. The van der Waals surface area contributed by atoms with Gasteiger partial charge in [-0.05, 0) is 25.5 Å². The average Bonchev–Trinajstić information content (AvgIpc) is 2.42. The van der Waals surface area contributed by atoms with Gasteiger partial charge in [-0.3, -0.25) is 9.78 Å². The molecule has 0 unspecified atom stereocenters. The van der Waals surface area contributed by atoms with Crippen molar-refractivity contribution >= 4 is 5.97 Å². The van der Waals surface area contributed by atoms with E-state index in [1.165, 1.54) is 7.11 Å². The summed E-state index contributed by atoms with van der Waals surface area (Å²) in [4.78, 5) is 15.5. The van der Waals surface area contributed by atoms with E-state index in [1.807, 2.05) is 19.1 Å². The van der Waals surface area contributed by atoms with E-state index in [2.05, 4.69) is 28.9 Å². The van der Waals surface area contributed by atoms with Gasteiger partial charge in [0, 0.05) is 24.7 Å². The molecule has 0 atom stereocenters. The summed E-state index contributed by atoms with van der Waals surface area (Å²) in [7, 11) is 1.39. The number of aryl methyl sites for hydroxylation is 1. The summed E-state index contributed by atoms with van der Waals surface area (Å²) in [6.07, 6.45) is 1.01. The quantitative estimate of drug-likeness (QED) is 0.584. The van der Waals surface area contributed by atoms with Gasteiger partial charge >= 0.3 is 5.97 Å². The van der Waals surface area contributed by atoms with E-state index in [4.69, 9.17) is 4.74 Å². The fourth-order valence-electron chi connectivity index (χ4n) is 1.66. The van der Waals surface area contributed by atoms with Crippen molar-refractivity contribution in [2.75, 3.05) is 13.7 Å². The first-order chi connectivity index (χ1) is 9.52. The number of nitrogens with zero attached hydrogens (tertiary/aromatic N) is 1. The fourth-order valence-corrected chi connectivity index (χ4v) is 1.66. The van der Waals surface area contributed by atoms with Crippen molar-refractivity contribution in [2.45, 2.75) is 46.2 Å². The van der Waals surface area contributed by atoms with E-state index in [0.29, 0.717) is 32.0 Å². The lowest BCUT2D eigenvalue weighted by atomic mass is 10.2. The molecule has 1 aromatic rings. The topological polar surface area (TPSA) is 60.5 Å². The highest BCUT2D eigenvalue weighted by Crippen LogP contribution is 2.17. The molecule has 0 saturated heterocycles. The summed E-state index contributed by atoms with van der Waals surface area (Å²) in [5, 5.41) is 3.33. The second kappa shape index (κ2) is 8.53. The van der Waals surface area contributed by atoms with Crippen LogP contribution in [0, 0.1) is 6.92 Å². The van der Waals surface area contributed by atoms with Crippen LogP contribution in [0.2, 0.25) is 0 Å². The summed E-state index contributed by atoms with van der Waals surface area (Å²) >= 11 is 0. The summed E-state index contributed by atoms with van der Waals surface area (Å²) in [5.41, 5.74) is 1.87. The predicted octanol–water partition coefficient (Wildman–Crippen LogP) is 2.22. The molecule has 0 spiro atoms. The highest BCUT2D eigenvalue weighted by Gasteiger charge is 2.07. The minimum Gasteiger partial charge on any atom is -0.492 e. The molecule has 0 bridgehead atoms. The third kappa shape index (κ3) is 6.02. The molecule has 112 valence electrons. The number of hydrogen-bond donors (Lipinski definition) is 1. The van der Waals surface area contributed by atoms with Gasteiger partial charge in [0.15, 0.2) is 0 Å². The minimum absolute atomic E-state index is 0.211. The van der Waals surface area contributed by atoms with E-state index in [0.717, 1.165) is 17.1 Å². The van der Waals surface area contributed by atoms with Gasteiger partial charge in [0.1, 0.15) is 5.75 Å². The molecule has 0 aliphatic carbocycles. The molecule has 0 radical (unpaired) electrons. The summed E-state index contributed by atoms with van der Waals surface area (Å²) in [6, 6.07) is 4.25. The van der Waals surface area contributed by atoms with Crippen LogP contribution in [0.3, 0.4) is 0 Å². The Morgan fingerprint density at radius 1 is 1.40 bits per heavy atom. The lowest BCUT2D eigenvalue weighted by Gasteiger charge is -2.13. The molecule has 1 N–H and O–H groups in total. The predicted molar refractivity (Wildman–Crippen MR) is 77.7 cm³/mol. The lowest BCUT2D eigenvalue weighted by molar-refractivity contribution is -0.140. The number of nitrogens with one attached hydrogen (secondary N) is 1. The molecule has 5 nitrogen and oxygen atoms in total. The number of hydrogen-bond acceptors (Lipinski definition) is 5. The molecule has 20 heavy (non-hydrogen) atoms. The van der Waals surface area contributed by atoms with Crippen LogP contribution in [0.1, 0.15) is 38.1 Å². The van der Waals surface area contributed by atoms with E-state index < -0.39 is 0 Å². The number of pyridine rings is 1. The highest BCUT2D eigenvalue weighted by atomic mass is 16.5. The number of rotatable bonds is 8. The van der Waals surface area contributed by atoms with Crippen LogP contribution < -0.4 is 10.1 Å². The van der Waals surface area contributed by atoms with Crippen LogP contribution in [0.4, 0.5) is 0 Å². The van der Waals surface area contributed by atoms with E-state index in [9.17, 15) is 4.79 Å². The normalized spacial score (nSPS) is 10.7. The lowest BCUT2D eigenvalue weighted by Crippen LogP contribution is -2.23. The van der Waals surface area contributed by atoms with Crippen LogP contribution in [0.15, 0.2) is 12.1 Å².